The fourth-order valence-corrected chi connectivity index (χ4v) is 2.43. The van der Waals surface area contributed by atoms with E-state index >= 15 is 0 Å². The highest BCUT2D eigenvalue weighted by Gasteiger charge is 2.11. The molecule has 0 spiro atoms. The number of aromatic nitrogens is 6. The van der Waals surface area contributed by atoms with Crippen molar-refractivity contribution in [3.8, 4) is 11.6 Å². The molecule has 0 bridgehead atoms. The van der Waals surface area contributed by atoms with E-state index in [1.54, 1.807) is 17.2 Å². The van der Waals surface area contributed by atoms with Crippen LogP contribution >= 0.6 is 0 Å². The molecule has 1 N–H and O–H groups in total. The molecule has 0 aliphatic heterocycles. The van der Waals surface area contributed by atoms with E-state index in [1.807, 2.05) is 44.1 Å². The fourth-order valence-electron chi connectivity index (χ4n) is 2.43. The Hall–Kier alpha value is -3.30. The number of nitrogens with one attached hydrogen (secondary N) is 1. The Labute approximate surface area is 157 Å². The summed E-state index contributed by atoms with van der Waals surface area (Å²) in [6, 6.07) is 5.56. The Kier molecular flexibility index (Phi) is 6.08. The average Bonchev–Trinajstić information content (AvgIpc) is 3.31. The SMILES string of the molecule is CCNC(=NCCc1noc(-c2ccccn2)n1)N(C)Cc1ncnn1C. The molecule has 0 radical (unpaired) electrons. The first-order chi connectivity index (χ1) is 13.2. The Bertz CT molecular complexity index is 871. The van der Waals surface area contributed by atoms with Gasteiger partial charge in [0.15, 0.2) is 11.8 Å². The van der Waals surface area contributed by atoms with Gasteiger partial charge in [-0.25, -0.2) is 4.98 Å². The Morgan fingerprint density at radius 2 is 2.22 bits per heavy atom. The molecule has 3 aromatic heterocycles. The molecule has 0 unspecified atom stereocenters. The smallest absolute Gasteiger partial charge is 0.276 e. The highest BCUT2D eigenvalue weighted by atomic mass is 16.5. The summed E-state index contributed by atoms with van der Waals surface area (Å²) in [6.45, 7) is 3.94. The number of pyridine rings is 1. The van der Waals surface area contributed by atoms with Crippen LogP contribution < -0.4 is 5.32 Å². The number of aryl methyl sites for hydroxylation is 1. The van der Waals surface area contributed by atoms with Crippen molar-refractivity contribution in [3.63, 3.8) is 0 Å². The van der Waals surface area contributed by atoms with Gasteiger partial charge in [0.05, 0.1) is 6.54 Å². The molecule has 27 heavy (non-hydrogen) atoms. The number of rotatable bonds is 7. The van der Waals surface area contributed by atoms with Crippen LogP contribution in [0.2, 0.25) is 0 Å². The van der Waals surface area contributed by atoms with Crippen LogP contribution in [0.4, 0.5) is 0 Å². The van der Waals surface area contributed by atoms with E-state index in [-0.39, 0.29) is 0 Å². The summed E-state index contributed by atoms with van der Waals surface area (Å²) in [4.78, 5) is 19.5. The van der Waals surface area contributed by atoms with Crippen LogP contribution in [0.25, 0.3) is 11.6 Å². The Morgan fingerprint density at radius 3 is 2.93 bits per heavy atom. The van der Waals surface area contributed by atoms with Gasteiger partial charge in [0, 0.05) is 39.8 Å². The third kappa shape index (κ3) is 4.87. The summed E-state index contributed by atoms with van der Waals surface area (Å²) < 4.78 is 7.02. The van der Waals surface area contributed by atoms with Gasteiger partial charge < -0.3 is 14.7 Å². The van der Waals surface area contributed by atoms with Gasteiger partial charge in [-0.2, -0.15) is 10.1 Å². The van der Waals surface area contributed by atoms with Gasteiger partial charge in [-0.3, -0.25) is 14.7 Å². The van der Waals surface area contributed by atoms with Gasteiger partial charge in [0.1, 0.15) is 17.8 Å². The topological polar surface area (TPSA) is 110 Å². The van der Waals surface area contributed by atoms with Crippen molar-refractivity contribution in [2.75, 3.05) is 20.1 Å². The summed E-state index contributed by atoms with van der Waals surface area (Å²) in [5.41, 5.74) is 0.663. The predicted molar refractivity (Wildman–Crippen MR) is 99.7 cm³/mol. The minimum atomic E-state index is 0.417. The molecule has 3 heterocycles. The highest BCUT2D eigenvalue weighted by molar-refractivity contribution is 5.79. The van der Waals surface area contributed by atoms with Crippen molar-refractivity contribution in [3.05, 3.63) is 42.4 Å². The molecule has 3 aromatic rings. The van der Waals surface area contributed by atoms with E-state index in [0.29, 0.717) is 36.9 Å². The van der Waals surface area contributed by atoms with Crippen LogP contribution in [-0.2, 0) is 20.0 Å². The molecular formula is C17H23N9O. The summed E-state index contributed by atoms with van der Waals surface area (Å²) >= 11 is 0. The monoisotopic (exact) mass is 369 g/mol. The van der Waals surface area contributed by atoms with Crippen LogP contribution in [0.3, 0.4) is 0 Å². The first-order valence-corrected chi connectivity index (χ1v) is 8.73. The number of aliphatic imine (C=N–C) groups is 1. The predicted octanol–water partition coefficient (Wildman–Crippen LogP) is 0.900. The molecular weight excluding hydrogens is 346 g/mol. The summed E-state index contributed by atoms with van der Waals surface area (Å²) in [5.74, 6) is 2.67. The van der Waals surface area contributed by atoms with E-state index in [2.05, 4.69) is 35.5 Å². The highest BCUT2D eigenvalue weighted by Crippen LogP contribution is 2.13. The zero-order chi connectivity index (χ0) is 19.1. The summed E-state index contributed by atoms with van der Waals surface area (Å²) in [7, 11) is 3.83. The second kappa shape index (κ2) is 8.88. The number of guanidine groups is 1. The largest absolute Gasteiger partial charge is 0.357 e. The summed E-state index contributed by atoms with van der Waals surface area (Å²) in [5, 5.41) is 11.4. The van der Waals surface area contributed by atoms with Crippen molar-refractivity contribution in [2.24, 2.45) is 12.0 Å². The third-order valence-electron chi connectivity index (χ3n) is 3.83. The number of nitrogens with zero attached hydrogens (tertiary/aromatic N) is 8. The number of hydrogen-bond donors (Lipinski definition) is 1. The lowest BCUT2D eigenvalue weighted by molar-refractivity contribution is 0.421. The first-order valence-electron chi connectivity index (χ1n) is 8.73. The van der Waals surface area contributed by atoms with Crippen molar-refractivity contribution in [1.29, 1.82) is 0 Å². The first kappa shape index (κ1) is 18.5. The molecule has 0 saturated heterocycles. The van der Waals surface area contributed by atoms with Crippen molar-refractivity contribution < 1.29 is 4.52 Å². The van der Waals surface area contributed by atoms with E-state index in [1.165, 1.54) is 0 Å². The van der Waals surface area contributed by atoms with Crippen molar-refractivity contribution >= 4 is 5.96 Å². The van der Waals surface area contributed by atoms with Crippen molar-refractivity contribution in [1.82, 2.24) is 40.1 Å². The molecule has 0 atom stereocenters. The van der Waals surface area contributed by atoms with Crippen LogP contribution in [0.15, 0.2) is 40.2 Å². The molecule has 0 aliphatic rings. The van der Waals surface area contributed by atoms with Crippen LogP contribution in [0.1, 0.15) is 18.6 Å². The normalized spacial score (nSPS) is 11.6. The maximum atomic E-state index is 5.27. The molecule has 3 rings (SSSR count). The lowest BCUT2D eigenvalue weighted by atomic mass is 10.3. The van der Waals surface area contributed by atoms with Crippen LogP contribution in [-0.4, -0.2) is 60.9 Å². The van der Waals surface area contributed by atoms with Gasteiger partial charge in [-0.1, -0.05) is 11.2 Å². The molecule has 0 amide bonds. The van der Waals surface area contributed by atoms with Gasteiger partial charge in [-0.15, -0.1) is 0 Å². The minimum absolute atomic E-state index is 0.417. The van der Waals surface area contributed by atoms with E-state index < -0.39 is 0 Å². The quantitative estimate of drug-likeness (QED) is 0.483. The van der Waals surface area contributed by atoms with Crippen molar-refractivity contribution in [2.45, 2.75) is 19.9 Å². The molecule has 10 nitrogen and oxygen atoms in total. The second-order valence-corrected chi connectivity index (χ2v) is 5.87. The Morgan fingerprint density at radius 1 is 1.33 bits per heavy atom. The Balaban J connectivity index is 1.60. The van der Waals surface area contributed by atoms with E-state index in [4.69, 9.17) is 4.52 Å². The standard InChI is InChI=1S/C17H23N9O/c1-4-18-17(25(2)11-15-21-12-22-26(15)3)20-10-8-14-23-16(27-24-14)13-7-5-6-9-19-13/h5-7,9,12H,4,8,10-11H2,1-3H3,(H,18,20). The third-order valence-corrected chi connectivity index (χ3v) is 3.83. The maximum absolute atomic E-state index is 5.27. The maximum Gasteiger partial charge on any atom is 0.276 e. The zero-order valence-electron chi connectivity index (χ0n) is 15.7. The average molecular weight is 369 g/mol. The molecule has 0 aromatic carbocycles. The van der Waals surface area contributed by atoms with E-state index in [9.17, 15) is 0 Å². The minimum Gasteiger partial charge on any atom is -0.357 e. The van der Waals surface area contributed by atoms with Gasteiger partial charge in [0.2, 0.25) is 0 Å². The van der Waals surface area contributed by atoms with Crippen LogP contribution in [0.5, 0.6) is 0 Å². The lowest BCUT2D eigenvalue weighted by Crippen LogP contribution is -2.39. The molecule has 0 aliphatic carbocycles. The fraction of sp³-hybridized carbons (Fsp3) is 0.412. The lowest BCUT2D eigenvalue weighted by Gasteiger charge is -2.21. The van der Waals surface area contributed by atoms with Gasteiger partial charge in [-0.05, 0) is 19.1 Å². The summed E-state index contributed by atoms with van der Waals surface area (Å²) in [6.07, 6.45) is 3.81. The number of hydrogen-bond acceptors (Lipinski definition) is 7. The van der Waals surface area contributed by atoms with E-state index in [0.717, 1.165) is 18.3 Å². The van der Waals surface area contributed by atoms with Gasteiger partial charge >= 0.3 is 0 Å². The molecule has 10 heteroatoms. The second-order valence-electron chi connectivity index (χ2n) is 5.87. The van der Waals surface area contributed by atoms with Crippen LogP contribution in [0, 0.1) is 0 Å². The molecule has 142 valence electrons. The zero-order valence-corrected chi connectivity index (χ0v) is 15.7. The van der Waals surface area contributed by atoms with Gasteiger partial charge in [0.25, 0.3) is 5.89 Å². The molecule has 0 fully saturated rings. The molecule has 0 saturated carbocycles.